The molecule has 0 aromatic rings. The van der Waals surface area contributed by atoms with Crippen LogP contribution in [0.1, 0.15) is 296 Å². The minimum Gasteiger partial charge on any atom is -0.391 e. The standard InChI is InChI=1S/C55H113N2O6P/c1-6-8-10-12-14-16-18-20-22-24-26-28-29-31-33-35-37-39-41-43-45-47-49-55(59)56-53(52-63-64(60,61)62-51-50-57(3,4)5)54(58)48-46-44-42-40-38-36-34-32-30-27-25-23-21-19-17-15-13-11-9-7-2/h53-54,58H,6-52H2,1-5H3,(H-,56,59,60,61)/p+1. The van der Waals surface area contributed by atoms with Crippen molar-refractivity contribution < 1.29 is 32.9 Å². The molecule has 0 heterocycles. The van der Waals surface area contributed by atoms with Crippen LogP contribution in [-0.4, -0.2) is 73.4 Å². The number of nitrogens with one attached hydrogen (secondary N) is 1. The lowest BCUT2D eigenvalue weighted by molar-refractivity contribution is -0.870. The number of carbonyl (C=O) groups is 1. The number of phosphoric acid groups is 1. The number of hydrogen-bond donors (Lipinski definition) is 3. The molecule has 0 aliphatic heterocycles. The van der Waals surface area contributed by atoms with Gasteiger partial charge in [0.05, 0.1) is 39.9 Å². The Morgan fingerprint density at radius 3 is 1.05 bits per heavy atom. The van der Waals surface area contributed by atoms with E-state index in [9.17, 15) is 19.4 Å². The molecule has 0 saturated carbocycles. The van der Waals surface area contributed by atoms with E-state index in [4.69, 9.17) is 9.05 Å². The van der Waals surface area contributed by atoms with Gasteiger partial charge >= 0.3 is 7.82 Å². The van der Waals surface area contributed by atoms with Gasteiger partial charge in [-0.15, -0.1) is 0 Å². The molecule has 0 aliphatic rings. The second-order valence-electron chi connectivity index (χ2n) is 21.0. The predicted molar refractivity (Wildman–Crippen MR) is 277 cm³/mol. The zero-order valence-corrected chi connectivity index (χ0v) is 44.7. The molecule has 8 nitrogen and oxygen atoms in total. The highest BCUT2D eigenvalue weighted by atomic mass is 31.2. The molecule has 0 saturated heterocycles. The van der Waals surface area contributed by atoms with Crippen molar-refractivity contribution in [3.63, 3.8) is 0 Å². The van der Waals surface area contributed by atoms with Crippen molar-refractivity contribution >= 4 is 13.7 Å². The van der Waals surface area contributed by atoms with Crippen molar-refractivity contribution in [1.82, 2.24) is 5.32 Å². The average Bonchev–Trinajstić information content (AvgIpc) is 3.25. The first-order valence-corrected chi connectivity index (χ1v) is 29.9. The molecule has 0 radical (unpaired) electrons. The lowest BCUT2D eigenvalue weighted by Crippen LogP contribution is -2.46. The van der Waals surface area contributed by atoms with Crippen molar-refractivity contribution in [2.75, 3.05) is 40.9 Å². The van der Waals surface area contributed by atoms with E-state index in [2.05, 4.69) is 19.2 Å². The largest absolute Gasteiger partial charge is 0.472 e. The summed E-state index contributed by atoms with van der Waals surface area (Å²) in [7, 11) is 1.64. The number of phosphoric ester groups is 1. The maximum absolute atomic E-state index is 13.0. The molecule has 384 valence electrons. The maximum Gasteiger partial charge on any atom is 0.472 e. The van der Waals surface area contributed by atoms with Gasteiger partial charge in [-0.25, -0.2) is 4.57 Å². The highest BCUT2D eigenvalue weighted by Gasteiger charge is 2.28. The van der Waals surface area contributed by atoms with Gasteiger partial charge in [-0.2, -0.15) is 0 Å². The van der Waals surface area contributed by atoms with E-state index in [1.54, 1.807) is 0 Å². The minimum absolute atomic E-state index is 0.0791. The molecule has 1 amide bonds. The lowest BCUT2D eigenvalue weighted by Gasteiger charge is -2.26. The first-order valence-electron chi connectivity index (χ1n) is 28.4. The number of likely N-dealkylation sites (N-methyl/N-ethyl adjacent to an activating group) is 1. The Morgan fingerprint density at radius 2 is 0.750 bits per heavy atom. The molecule has 3 N–H and O–H groups in total. The fourth-order valence-corrected chi connectivity index (χ4v) is 9.61. The summed E-state index contributed by atoms with van der Waals surface area (Å²) in [4.78, 5) is 23.3. The third-order valence-electron chi connectivity index (χ3n) is 13.4. The van der Waals surface area contributed by atoms with E-state index in [1.807, 2.05) is 21.1 Å². The highest BCUT2D eigenvalue weighted by Crippen LogP contribution is 2.43. The Labute approximate surface area is 399 Å². The molecule has 3 unspecified atom stereocenters. The van der Waals surface area contributed by atoms with Gasteiger partial charge < -0.3 is 19.8 Å². The van der Waals surface area contributed by atoms with Crippen molar-refractivity contribution in [3.8, 4) is 0 Å². The van der Waals surface area contributed by atoms with Gasteiger partial charge in [-0.1, -0.05) is 277 Å². The van der Waals surface area contributed by atoms with Gasteiger partial charge in [-0.05, 0) is 12.8 Å². The summed E-state index contributed by atoms with van der Waals surface area (Å²) in [6.07, 6.45) is 55.8. The molecular weight excluding hydrogens is 816 g/mol. The van der Waals surface area contributed by atoms with Crippen molar-refractivity contribution in [2.45, 2.75) is 309 Å². The molecular formula is C55H114N2O6P+. The van der Waals surface area contributed by atoms with Crippen LogP contribution in [0.5, 0.6) is 0 Å². The van der Waals surface area contributed by atoms with Gasteiger partial charge in [0.2, 0.25) is 5.91 Å². The van der Waals surface area contributed by atoms with Gasteiger partial charge in [0, 0.05) is 6.42 Å². The molecule has 0 rings (SSSR count). The summed E-state index contributed by atoms with van der Waals surface area (Å²) in [5.74, 6) is -0.136. The van der Waals surface area contributed by atoms with Crippen LogP contribution in [-0.2, 0) is 18.4 Å². The number of carbonyl (C=O) groups excluding carboxylic acids is 1. The number of quaternary nitrogens is 1. The molecule has 0 fully saturated rings. The van der Waals surface area contributed by atoms with Crippen molar-refractivity contribution in [3.05, 3.63) is 0 Å². The Bertz CT molecular complexity index is 1010. The quantitative estimate of drug-likeness (QED) is 0.0319. The van der Waals surface area contributed by atoms with Crippen LogP contribution in [0.3, 0.4) is 0 Å². The normalized spacial score (nSPS) is 13.9. The topological polar surface area (TPSA) is 105 Å². The number of rotatable bonds is 53. The summed E-state index contributed by atoms with van der Waals surface area (Å²) in [6, 6.07) is -0.755. The highest BCUT2D eigenvalue weighted by molar-refractivity contribution is 7.47. The van der Waals surface area contributed by atoms with Crippen LogP contribution < -0.4 is 5.32 Å². The zero-order chi connectivity index (χ0) is 47.1. The predicted octanol–water partition coefficient (Wildman–Crippen LogP) is 16.9. The summed E-state index contributed by atoms with van der Waals surface area (Å²) in [5.41, 5.74) is 0. The monoisotopic (exact) mass is 930 g/mol. The van der Waals surface area contributed by atoms with E-state index in [0.29, 0.717) is 23.9 Å². The van der Waals surface area contributed by atoms with Gasteiger partial charge in [0.1, 0.15) is 13.2 Å². The minimum atomic E-state index is -4.32. The fraction of sp³-hybridized carbons (Fsp3) is 0.982. The van der Waals surface area contributed by atoms with Gasteiger partial charge in [0.15, 0.2) is 0 Å². The van der Waals surface area contributed by atoms with E-state index >= 15 is 0 Å². The Hall–Kier alpha value is -0.500. The second-order valence-corrected chi connectivity index (χ2v) is 22.5. The molecule has 64 heavy (non-hydrogen) atoms. The average molecular weight is 930 g/mol. The van der Waals surface area contributed by atoms with E-state index in [-0.39, 0.29) is 19.1 Å². The smallest absolute Gasteiger partial charge is 0.391 e. The fourth-order valence-electron chi connectivity index (χ4n) is 8.87. The SMILES string of the molecule is CCCCCCCCCCCCCCCCCCCCCCCCC(=O)NC(COP(=O)(O)OCC[N+](C)(C)C)C(O)CCCCCCCCCCCCCCCCCCCCCC. The number of aliphatic hydroxyl groups excluding tert-OH is 1. The van der Waals surface area contributed by atoms with Crippen LogP contribution in [0.2, 0.25) is 0 Å². The van der Waals surface area contributed by atoms with Crippen molar-refractivity contribution in [2.24, 2.45) is 0 Å². The van der Waals surface area contributed by atoms with Gasteiger partial charge in [0.25, 0.3) is 0 Å². The summed E-state index contributed by atoms with van der Waals surface area (Å²) in [6.45, 7) is 4.95. The Morgan fingerprint density at radius 1 is 0.469 bits per heavy atom. The molecule has 3 atom stereocenters. The van der Waals surface area contributed by atoms with Crippen LogP contribution in [0.15, 0.2) is 0 Å². The zero-order valence-electron chi connectivity index (χ0n) is 43.8. The Balaban J connectivity index is 4.14. The number of aliphatic hydroxyl groups is 1. The summed E-state index contributed by atoms with van der Waals surface area (Å²) >= 11 is 0. The summed E-state index contributed by atoms with van der Waals surface area (Å²) in [5, 5.41) is 14.1. The third-order valence-corrected chi connectivity index (χ3v) is 14.3. The molecule has 0 aliphatic carbocycles. The van der Waals surface area contributed by atoms with Crippen molar-refractivity contribution in [1.29, 1.82) is 0 Å². The van der Waals surface area contributed by atoms with Crippen LogP contribution >= 0.6 is 7.82 Å². The first-order chi connectivity index (χ1) is 31.0. The molecule has 9 heteroatoms. The number of amides is 1. The van der Waals surface area contributed by atoms with Gasteiger partial charge in [-0.3, -0.25) is 13.8 Å². The third kappa shape index (κ3) is 49.4. The maximum atomic E-state index is 13.0. The van der Waals surface area contributed by atoms with Crippen LogP contribution in [0.25, 0.3) is 0 Å². The number of unbranched alkanes of at least 4 members (excludes halogenated alkanes) is 40. The molecule has 0 spiro atoms. The number of hydrogen-bond acceptors (Lipinski definition) is 5. The van der Waals surface area contributed by atoms with E-state index < -0.39 is 20.0 Å². The molecule has 0 bridgehead atoms. The first kappa shape index (κ1) is 63.5. The van der Waals surface area contributed by atoms with Crippen LogP contribution in [0.4, 0.5) is 0 Å². The summed E-state index contributed by atoms with van der Waals surface area (Å²) < 4.78 is 23.8. The molecule has 0 aromatic heterocycles. The number of nitrogens with zero attached hydrogens (tertiary/aromatic N) is 1. The lowest BCUT2D eigenvalue weighted by atomic mass is 10.0. The van der Waals surface area contributed by atoms with E-state index in [0.717, 1.165) is 38.5 Å². The Kier molecular flexibility index (Phi) is 47.2. The van der Waals surface area contributed by atoms with E-state index in [1.165, 1.54) is 231 Å². The van der Waals surface area contributed by atoms with Crippen LogP contribution in [0, 0.1) is 0 Å². The molecule has 0 aromatic carbocycles. The second kappa shape index (κ2) is 47.6.